The first-order valence-corrected chi connectivity index (χ1v) is 8.93. The van der Waals surface area contributed by atoms with Crippen LogP contribution in [0, 0.1) is 0 Å². The lowest BCUT2D eigenvalue weighted by atomic mass is 10.1. The van der Waals surface area contributed by atoms with Crippen molar-refractivity contribution in [1.82, 2.24) is 10.2 Å². The fourth-order valence-electron chi connectivity index (χ4n) is 2.98. The van der Waals surface area contributed by atoms with Gasteiger partial charge in [0.25, 0.3) is 5.91 Å². The predicted octanol–water partition coefficient (Wildman–Crippen LogP) is 2.67. The second kappa shape index (κ2) is 8.19. The summed E-state index contributed by atoms with van der Waals surface area (Å²) in [6.07, 6.45) is 0.379. The summed E-state index contributed by atoms with van der Waals surface area (Å²) < 4.78 is 32.0. The number of fused-ring (bicyclic) bond motifs is 1. The number of amides is 1. The average molecular weight is 413 g/mol. The molecule has 156 valence electrons. The van der Waals surface area contributed by atoms with Gasteiger partial charge in [-0.2, -0.15) is 0 Å². The lowest BCUT2D eigenvalue weighted by Gasteiger charge is -2.13. The number of carbonyl (C=O) groups is 1. The summed E-state index contributed by atoms with van der Waals surface area (Å²) in [4.78, 5) is 12.6. The number of benzene rings is 2. The summed E-state index contributed by atoms with van der Waals surface area (Å²) in [6, 6.07) is 8.58. The fourth-order valence-corrected chi connectivity index (χ4v) is 2.98. The molecule has 3 aromatic rings. The van der Waals surface area contributed by atoms with E-state index in [0.717, 1.165) is 5.56 Å². The van der Waals surface area contributed by atoms with Crippen LogP contribution in [0.3, 0.4) is 0 Å². The molecule has 0 bridgehead atoms. The van der Waals surface area contributed by atoms with E-state index >= 15 is 0 Å². The topological polar surface area (TPSA) is 114 Å². The Bertz CT molecular complexity index is 1060. The Morgan fingerprint density at radius 1 is 1.00 bits per heavy atom. The third-order valence-corrected chi connectivity index (χ3v) is 4.41. The molecule has 10 heteroatoms. The summed E-state index contributed by atoms with van der Waals surface area (Å²) in [7, 11) is 4.43. The number of hydrogen-bond acceptors (Lipinski definition) is 9. The summed E-state index contributed by atoms with van der Waals surface area (Å²) in [5.74, 6) is 2.35. The van der Waals surface area contributed by atoms with Crippen LogP contribution in [0.1, 0.15) is 21.8 Å². The molecule has 0 fully saturated rings. The van der Waals surface area contributed by atoms with Gasteiger partial charge >= 0.3 is 6.01 Å². The smallest absolute Gasteiger partial charge is 0.322 e. The Labute approximate surface area is 171 Å². The summed E-state index contributed by atoms with van der Waals surface area (Å²) >= 11 is 0. The Hall–Kier alpha value is -3.95. The lowest BCUT2D eigenvalue weighted by molar-refractivity contribution is 0.102. The molecule has 1 amide bonds. The highest BCUT2D eigenvalue weighted by Gasteiger charge is 2.19. The quantitative estimate of drug-likeness (QED) is 0.624. The highest BCUT2D eigenvalue weighted by atomic mass is 16.7. The molecule has 1 N–H and O–H groups in total. The normalized spacial score (nSPS) is 11.8. The molecule has 4 rings (SSSR count). The molecule has 2 aromatic carbocycles. The van der Waals surface area contributed by atoms with Crippen molar-refractivity contribution in [2.24, 2.45) is 0 Å². The van der Waals surface area contributed by atoms with Gasteiger partial charge < -0.3 is 28.1 Å². The van der Waals surface area contributed by atoms with Crippen LogP contribution >= 0.6 is 0 Å². The van der Waals surface area contributed by atoms with E-state index in [1.807, 2.05) is 18.2 Å². The standard InChI is InChI=1S/C20H19N3O7/c1-25-15-8-12(9-16(26-2)18(15)27-3)19(24)21-20-23-22-17(30-20)7-11-4-5-13-14(6-11)29-10-28-13/h4-6,8-9H,7,10H2,1-3H3,(H,21,23,24). The Balaban J connectivity index is 1.48. The predicted molar refractivity (Wildman–Crippen MR) is 104 cm³/mol. The number of anilines is 1. The molecule has 0 spiro atoms. The summed E-state index contributed by atoms with van der Waals surface area (Å²) in [6.45, 7) is 0.205. The van der Waals surface area contributed by atoms with Crippen LogP contribution in [0.25, 0.3) is 0 Å². The minimum atomic E-state index is -0.465. The first-order chi connectivity index (χ1) is 14.6. The largest absolute Gasteiger partial charge is 0.493 e. The second-order valence-corrected chi connectivity index (χ2v) is 6.23. The van der Waals surface area contributed by atoms with Gasteiger partial charge in [0.2, 0.25) is 18.4 Å². The maximum absolute atomic E-state index is 12.6. The van der Waals surface area contributed by atoms with Crippen LogP contribution in [0.4, 0.5) is 6.01 Å². The van der Waals surface area contributed by atoms with Crippen molar-refractivity contribution in [1.29, 1.82) is 0 Å². The number of methoxy groups -OCH3 is 3. The number of aromatic nitrogens is 2. The van der Waals surface area contributed by atoms with Crippen LogP contribution < -0.4 is 29.0 Å². The molecule has 0 aliphatic carbocycles. The van der Waals surface area contributed by atoms with Crippen LogP contribution in [0.2, 0.25) is 0 Å². The van der Waals surface area contributed by atoms with Gasteiger partial charge in [0.05, 0.1) is 27.8 Å². The zero-order chi connectivity index (χ0) is 21.1. The molecular formula is C20H19N3O7. The van der Waals surface area contributed by atoms with Crippen molar-refractivity contribution in [3.63, 3.8) is 0 Å². The Morgan fingerprint density at radius 3 is 2.43 bits per heavy atom. The molecule has 0 saturated carbocycles. The van der Waals surface area contributed by atoms with E-state index < -0.39 is 5.91 Å². The van der Waals surface area contributed by atoms with E-state index in [-0.39, 0.29) is 18.4 Å². The van der Waals surface area contributed by atoms with Crippen LogP contribution in [0.5, 0.6) is 28.7 Å². The van der Waals surface area contributed by atoms with Crippen molar-refractivity contribution in [2.45, 2.75) is 6.42 Å². The van der Waals surface area contributed by atoms with Crippen molar-refractivity contribution >= 4 is 11.9 Å². The highest BCUT2D eigenvalue weighted by Crippen LogP contribution is 2.38. The summed E-state index contributed by atoms with van der Waals surface area (Å²) in [5, 5.41) is 10.4. The van der Waals surface area contributed by atoms with Crippen molar-refractivity contribution in [3.8, 4) is 28.7 Å². The molecule has 0 atom stereocenters. The number of nitrogens with zero attached hydrogens (tertiary/aromatic N) is 2. The lowest BCUT2D eigenvalue weighted by Crippen LogP contribution is -2.13. The molecule has 0 radical (unpaired) electrons. The monoisotopic (exact) mass is 413 g/mol. The average Bonchev–Trinajstić information content (AvgIpc) is 3.41. The first kappa shape index (κ1) is 19.4. The third-order valence-electron chi connectivity index (χ3n) is 4.41. The van der Waals surface area contributed by atoms with Gasteiger partial charge in [-0.3, -0.25) is 10.1 Å². The third kappa shape index (κ3) is 3.79. The molecule has 10 nitrogen and oxygen atoms in total. The molecule has 2 heterocycles. The minimum absolute atomic E-state index is 0.0236. The maximum atomic E-state index is 12.6. The second-order valence-electron chi connectivity index (χ2n) is 6.23. The molecule has 1 aliphatic rings. The Kier molecular flexibility index (Phi) is 5.29. The van der Waals surface area contributed by atoms with Gasteiger partial charge in [-0.15, -0.1) is 5.10 Å². The molecule has 0 unspecified atom stereocenters. The number of carbonyl (C=O) groups excluding carboxylic acids is 1. The Morgan fingerprint density at radius 2 is 1.73 bits per heavy atom. The van der Waals surface area contributed by atoms with E-state index in [0.29, 0.717) is 41.1 Å². The van der Waals surface area contributed by atoms with Crippen LogP contribution in [-0.2, 0) is 6.42 Å². The molecule has 0 saturated heterocycles. The SMILES string of the molecule is COc1cc(C(=O)Nc2nnc(Cc3ccc4c(c3)OCO4)o2)cc(OC)c1OC. The van der Waals surface area contributed by atoms with Crippen LogP contribution in [-0.4, -0.2) is 44.2 Å². The van der Waals surface area contributed by atoms with Crippen LogP contribution in [0.15, 0.2) is 34.7 Å². The highest BCUT2D eigenvalue weighted by molar-refractivity contribution is 6.04. The van der Waals surface area contributed by atoms with E-state index in [2.05, 4.69) is 15.5 Å². The number of nitrogens with one attached hydrogen (secondary N) is 1. The van der Waals surface area contributed by atoms with Gasteiger partial charge in [0.1, 0.15) is 0 Å². The maximum Gasteiger partial charge on any atom is 0.322 e. The van der Waals surface area contributed by atoms with Gasteiger partial charge in [-0.05, 0) is 29.8 Å². The van der Waals surface area contributed by atoms with Crippen molar-refractivity contribution < 1.29 is 32.9 Å². The minimum Gasteiger partial charge on any atom is -0.493 e. The molecular weight excluding hydrogens is 394 g/mol. The van der Waals surface area contributed by atoms with E-state index in [9.17, 15) is 4.79 Å². The van der Waals surface area contributed by atoms with E-state index in [4.69, 9.17) is 28.1 Å². The number of rotatable bonds is 7. The van der Waals surface area contributed by atoms with Crippen molar-refractivity contribution in [3.05, 3.63) is 47.3 Å². The number of ether oxygens (including phenoxy) is 5. The fraction of sp³-hybridized carbons (Fsp3) is 0.250. The zero-order valence-electron chi connectivity index (χ0n) is 16.6. The molecule has 30 heavy (non-hydrogen) atoms. The molecule has 1 aliphatic heterocycles. The van der Waals surface area contributed by atoms with Crippen molar-refractivity contribution in [2.75, 3.05) is 33.4 Å². The number of hydrogen-bond donors (Lipinski definition) is 1. The summed E-state index contributed by atoms with van der Waals surface area (Å²) in [5.41, 5.74) is 1.19. The van der Waals surface area contributed by atoms with E-state index in [1.54, 1.807) is 0 Å². The van der Waals surface area contributed by atoms with Gasteiger partial charge in [0.15, 0.2) is 23.0 Å². The van der Waals surface area contributed by atoms with Gasteiger partial charge in [-0.25, -0.2) is 0 Å². The van der Waals surface area contributed by atoms with E-state index in [1.165, 1.54) is 33.5 Å². The van der Waals surface area contributed by atoms with Gasteiger partial charge in [-0.1, -0.05) is 11.2 Å². The first-order valence-electron chi connectivity index (χ1n) is 8.93. The van der Waals surface area contributed by atoms with Gasteiger partial charge in [0, 0.05) is 5.56 Å². The molecule has 1 aromatic heterocycles. The zero-order valence-corrected chi connectivity index (χ0v) is 16.6.